The Balaban J connectivity index is 2.78. The van der Waals surface area contributed by atoms with Crippen molar-refractivity contribution in [3.05, 3.63) is 34.3 Å². The van der Waals surface area contributed by atoms with E-state index in [-0.39, 0.29) is 12.5 Å². The molecular formula is C9H12BrNO2. The largest absolute Gasteiger partial charge is 0.396 e. The van der Waals surface area contributed by atoms with E-state index in [1.165, 1.54) is 0 Å². The van der Waals surface area contributed by atoms with Gasteiger partial charge in [-0.05, 0) is 17.7 Å². The van der Waals surface area contributed by atoms with Gasteiger partial charge in [-0.2, -0.15) is 0 Å². The van der Waals surface area contributed by atoms with Gasteiger partial charge < -0.3 is 9.94 Å². The lowest BCUT2D eigenvalue weighted by atomic mass is 10.0. The van der Waals surface area contributed by atoms with E-state index in [0.717, 1.165) is 10.0 Å². The van der Waals surface area contributed by atoms with E-state index >= 15 is 0 Å². The molecule has 3 nitrogen and oxygen atoms in total. The van der Waals surface area contributed by atoms with Crippen molar-refractivity contribution in [2.75, 3.05) is 13.2 Å². The quantitative estimate of drug-likeness (QED) is 0.790. The van der Waals surface area contributed by atoms with Crippen LogP contribution in [-0.4, -0.2) is 18.3 Å². The van der Waals surface area contributed by atoms with Gasteiger partial charge in [0.2, 0.25) is 0 Å². The fraction of sp³-hybridized carbons (Fsp3) is 0.333. The van der Waals surface area contributed by atoms with Crippen LogP contribution in [0.5, 0.6) is 0 Å². The normalized spacial score (nSPS) is 12.8. The highest BCUT2D eigenvalue weighted by Gasteiger charge is 2.09. The summed E-state index contributed by atoms with van der Waals surface area (Å²) in [5.41, 5.74) is 1.02. The summed E-state index contributed by atoms with van der Waals surface area (Å²) < 4.78 is 0.987. The van der Waals surface area contributed by atoms with E-state index in [2.05, 4.69) is 20.8 Å². The zero-order chi connectivity index (χ0) is 9.68. The molecule has 72 valence electrons. The summed E-state index contributed by atoms with van der Waals surface area (Å²) in [6.07, 6.45) is 0. The van der Waals surface area contributed by atoms with Gasteiger partial charge in [-0.15, -0.1) is 0 Å². The van der Waals surface area contributed by atoms with Gasteiger partial charge in [-0.25, -0.2) is 5.90 Å². The summed E-state index contributed by atoms with van der Waals surface area (Å²) in [6.45, 7) is 0.362. The second-order valence-electron chi connectivity index (χ2n) is 2.77. The first kappa shape index (κ1) is 10.7. The van der Waals surface area contributed by atoms with Crippen molar-refractivity contribution in [2.45, 2.75) is 5.92 Å². The number of nitrogens with two attached hydrogens (primary N) is 1. The summed E-state index contributed by atoms with van der Waals surface area (Å²) in [7, 11) is 0. The molecule has 0 spiro atoms. The first-order valence-electron chi connectivity index (χ1n) is 3.96. The lowest BCUT2D eigenvalue weighted by Gasteiger charge is -2.12. The molecule has 0 aliphatic carbocycles. The number of rotatable bonds is 4. The SMILES string of the molecule is NOCC(CO)c1cccc(Br)c1. The predicted octanol–water partition coefficient (Wildman–Crippen LogP) is 1.42. The Bertz CT molecular complexity index is 268. The van der Waals surface area contributed by atoms with Gasteiger partial charge in [0.05, 0.1) is 13.2 Å². The molecule has 1 atom stereocenters. The molecule has 0 bridgehead atoms. The molecule has 13 heavy (non-hydrogen) atoms. The molecule has 0 heterocycles. The Hall–Kier alpha value is -0.420. The highest BCUT2D eigenvalue weighted by molar-refractivity contribution is 9.10. The molecule has 4 heteroatoms. The molecule has 0 radical (unpaired) electrons. The van der Waals surface area contributed by atoms with Crippen LogP contribution >= 0.6 is 15.9 Å². The maximum absolute atomic E-state index is 9.05. The number of halogens is 1. The molecule has 0 aliphatic heterocycles. The second kappa shape index (κ2) is 5.34. The third-order valence-corrected chi connectivity index (χ3v) is 2.33. The van der Waals surface area contributed by atoms with Crippen LogP contribution in [0.3, 0.4) is 0 Å². The van der Waals surface area contributed by atoms with Gasteiger partial charge in [-0.3, -0.25) is 0 Å². The highest BCUT2D eigenvalue weighted by atomic mass is 79.9. The van der Waals surface area contributed by atoms with Crippen LogP contribution in [0.25, 0.3) is 0 Å². The summed E-state index contributed by atoms with van der Waals surface area (Å²) in [6, 6.07) is 7.73. The van der Waals surface area contributed by atoms with Crippen molar-refractivity contribution in [2.24, 2.45) is 5.90 Å². The molecule has 1 rings (SSSR count). The van der Waals surface area contributed by atoms with Gasteiger partial charge in [0, 0.05) is 10.4 Å². The predicted molar refractivity (Wildman–Crippen MR) is 54.1 cm³/mol. The molecule has 1 unspecified atom stereocenters. The minimum absolute atomic E-state index is 0.0354. The Morgan fingerprint density at radius 2 is 2.31 bits per heavy atom. The van der Waals surface area contributed by atoms with Crippen molar-refractivity contribution in [1.82, 2.24) is 0 Å². The minimum atomic E-state index is -0.0532. The Morgan fingerprint density at radius 3 is 2.85 bits per heavy atom. The minimum Gasteiger partial charge on any atom is -0.396 e. The Kier molecular flexibility index (Phi) is 4.38. The van der Waals surface area contributed by atoms with Crippen molar-refractivity contribution in [3.8, 4) is 0 Å². The Labute approximate surface area is 85.6 Å². The number of hydrogen-bond donors (Lipinski definition) is 2. The van der Waals surface area contributed by atoms with Gasteiger partial charge in [0.25, 0.3) is 0 Å². The van der Waals surface area contributed by atoms with Gasteiger partial charge in [-0.1, -0.05) is 28.1 Å². The van der Waals surface area contributed by atoms with Gasteiger partial charge in [0.15, 0.2) is 0 Å². The fourth-order valence-corrected chi connectivity index (χ4v) is 1.55. The topological polar surface area (TPSA) is 55.5 Å². The third kappa shape index (κ3) is 3.08. The van der Waals surface area contributed by atoms with Crippen LogP contribution in [0.15, 0.2) is 28.7 Å². The van der Waals surface area contributed by atoms with E-state index in [1.54, 1.807) is 0 Å². The van der Waals surface area contributed by atoms with Gasteiger partial charge in [0.1, 0.15) is 0 Å². The monoisotopic (exact) mass is 245 g/mol. The molecule has 0 amide bonds. The smallest absolute Gasteiger partial charge is 0.0769 e. The molecule has 0 aromatic heterocycles. The lowest BCUT2D eigenvalue weighted by molar-refractivity contribution is 0.101. The van der Waals surface area contributed by atoms with E-state index in [0.29, 0.717) is 6.61 Å². The molecule has 0 fully saturated rings. The van der Waals surface area contributed by atoms with Crippen LogP contribution in [-0.2, 0) is 4.84 Å². The molecular weight excluding hydrogens is 234 g/mol. The second-order valence-corrected chi connectivity index (χ2v) is 3.68. The highest BCUT2D eigenvalue weighted by Crippen LogP contribution is 2.19. The van der Waals surface area contributed by atoms with Crippen molar-refractivity contribution < 1.29 is 9.94 Å². The summed E-state index contributed by atoms with van der Waals surface area (Å²) in [5.74, 6) is 4.90. The van der Waals surface area contributed by atoms with Crippen LogP contribution in [0.2, 0.25) is 0 Å². The molecule has 0 aliphatic rings. The molecule has 3 N–H and O–H groups in total. The summed E-state index contributed by atoms with van der Waals surface area (Å²) >= 11 is 3.36. The number of benzene rings is 1. The van der Waals surface area contributed by atoms with Crippen molar-refractivity contribution in [1.29, 1.82) is 0 Å². The van der Waals surface area contributed by atoms with E-state index < -0.39 is 0 Å². The van der Waals surface area contributed by atoms with Crippen molar-refractivity contribution >= 4 is 15.9 Å². The first-order chi connectivity index (χ1) is 6.27. The van der Waals surface area contributed by atoms with E-state index in [9.17, 15) is 0 Å². The van der Waals surface area contributed by atoms with Crippen LogP contribution in [0, 0.1) is 0 Å². The van der Waals surface area contributed by atoms with Crippen LogP contribution in [0.4, 0.5) is 0 Å². The zero-order valence-electron chi connectivity index (χ0n) is 7.11. The van der Waals surface area contributed by atoms with E-state index in [1.807, 2.05) is 24.3 Å². The number of hydrogen-bond acceptors (Lipinski definition) is 3. The number of aliphatic hydroxyl groups is 1. The molecule has 0 saturated carbocycles. The molecule has 1 aromatic rings. The average molecular weight is 246 g/mol. The van der Waals surface area contributed by atoms with Crippen LogP contribution in [0.1, 0.15) is 11.5 Å². The van der Waals surface area contributed by atoms with Crippen LogP contribution < -0.4 is 5.90 Å². The lowest BCUT2D eigenvalue weighted by Crippen LogP contribution is -2.14. The van der Waals surface area contributed by atoms with E-state index in [4.69, 9.17) is 11.0 Å². The van der Waals surface area contributed by atoms with Gasteiger partial charge >= 0.3 is 0 Å². The first-order valence-corrected chi connectivity index (χ1v) is 4.75. The summed E-state index contributed by atoms with van der Waals surface area (Å²) in [5, 5.41) is 9.05. The number of aliphatic hydroxyl groups excluding tert-OH is 1. The molecule has 0 saturated heterocycles. The fourth-order valence-electron chi connectivity index (χ4n) is 1.13. The summed E-state index contributed by atoms with van der Waals surface area (Å²) in [4.78, 5) is 4.51. The standard InChI is InChI=1S/C9H12BrNO2/c10-9-3-1-2-7(4-9)8(5-12)6-13-11/h1-4,8,12H,5-6,11H2. The van der Waals surface area contributed by atoms with Crippen molar-refractivity contribution in [3.63, 3.8) is 0 Å². The maximum Gasteiger partial charge on any atom is 0.0769 e. The zero-order valence-corrected chi connectivity index (χ0v) is 8.70. The third-order valence-electron chi connectivity index (χ3n) is 1.84. The average Bonchev–Trinajstić information content (AvgIpc) is 2.14. The Morgan fingerprint density at radius 1 is 1.54 bits per heavy atom. The molecule has 1 aromatic carbocycles. The maximum atomic E-state index is 9.05.